The van der Waals surface area contributed by atoms with Crippen molar-refractivity contribution in [2.24, 2.45) is 0 Å². The lowest BCUT2D eigenvalue weighted by molar-refractivity contribution is 0.0949. The molecule has 0 unspecified atom stereocenters. The van der Waals surface area contributed by atoms with E-state index < -0.39 is 15.9 Å². The van der Waals surface area contributed by atoms with E-state index in [1.165, 1.54) is 23.5 Å². The van der Waals surface area contributed by atoms with E-state index in [4.69, 9.17) is 0 Å². The number of thiophene rings is 1. The van der Waals surface area contributed by atoms with E-state index in [0.29, 0.717) is 10.8 Å². The number of carbonyl (C=O) groups excluding carboxylic acids is 1. The summed E-state index contributed by atoms with van der Waals surface area (Å²) in [5.74, 6) is -0.152. The van der Waals surface area contributed by atoms with Crippen LogP contribution in [0.25, 0.3) is 0 Å². The Hall–Kier alpha value is -1.70. The van der Waals surface area contributed by atoms with Crippen LogP contribution in [0.1, 0.15) is 35.0 Å². The number of hydrazine groups is 1. The second-order valence-corrected chi connectivity index (χ2v) is 7.39. The van der Waals surface area contributed by atoms with Crippen LogP contribution in [0.5, 0.6) is 0 Å². The van der Waals surface area contributed by atoms with E-state index in [0.717, 1.165) is 5.56 Å². The first kappa shape index (κ1) is 15.7. The quantitative estimate of drug-likeness (QED) is 0.830. The molecule has 0 aliphatic rings. The molecule has 2 aromatic rings. The summed E-state index contributed by atoms with van der Waals surface area (Å²) in [6.45, 7) is 4.06. The molecule has 2 rings (SSSR count). The Kier molecular flexibility index (Phi) is 4.76. The summed E-state index contributed by atoms with van der Waals surface area (Å²) in [4.78, 5) is 14.3. The topological polar surface area (TPSA) is 75.3 Å². The van der Waals surface area contributed by atoms with E-state index in [9.17, 15) is 13.2 Å². The fraction of sp³-hybridized carbons (Fsp3) is 0.214. The van der Waals surface area contributed by atoms with Gasteiger partial charge < -0.3 is 0 Å². The number of benzene rings is 1. The zero-order chi connectivity index (χ0) is 15.5. The Morgan fingerprint density at radius 3 is 2.33 bits per heavy atom. The van der Waals surface area contributed by atoms with Crippen molar-refractivity contribution in [3.8, 4) is 0 Å². The van der Waals surface area contributed by atoms with Crippen LogP contribution >= 0.6 is 11.3 Å². The molecule has 1 amide bonds. The van der Waals surface area contributed by atoms with Gasteiger partial charge in [0, 0.05) is 0 Å². The molecule has 2 N–H and O–H groups in total. The minimum Gasteiger partial charge on any atom is -0.273 e. The molecule has 0 aliphatic heterocycles. The van der Waals surface area contributed by atoms with Gasteiger partial charge in [0.15, 0.2) is 0 Å². The van der Waals surface area contributed by atoms with Crippen LogP contribution in [0.3, 0.4) is 0 Å². The predicted molar refractivity (Wildman–Crippen MR) is 82.6 cm³/mol. The molecule has 1 aromatic carbocycles. The fourth-order valence-electron chi connectivity index (χ4n) is 1.67. The Morgan fingerprint density at radius 1 is 1.14 bits per heavy atom. The second kappa shape index (κ2) is 6.38. The summed E-state index contributed by atoms with van der Waals surface area (Å²) in [5, 5.41) is 1.74. The summed E-state index contributed by atoms with van der Waals surface area (Å²) in [6.07, 6.45) is 0. The molecule has 0 saturated heterocycles. The van der Waals surface area contributed by atoms with Crippen LogP contribution in [-0.4, -0.2) is 14.3 Å². The van der Waals surface area contributed by atoms with Crippen LogP contribution in [0, 0.1) is 0 Å². The highest BCUT2D eigenvalue weighted by Gasteiger charge is 2.16. The first-order chi connectivity index (χ1) is 9.90. The number of carbonyl (C=O) groups is 1. The largest absolute Gasteiger partial charge is 0.276 e. The molecule has 0 aliphatic carbocycles. The van der Waals surface area contributed by atoms with Crippen molar-refractivity contribution >= 4 is 27.3 Å². The molecule has 0 radical (unpaired) electrons. The highest BCUT2D eigenvalue weighted by atomic mass is 32.2. The third-order valence-corrected chi connectivity index (χ3v) is 5.03. The maximum absolute atomic E-state index is 12.1. The maximum Gasteiger partial charge on any atom is 0.276 e. The smallest absolute Gasteiger partial charge is 0.273 e. The Labute approximate surface area is 128 Å². The van der Waals surface area contributed by atoms with Gasteiger partial charge in [0.25, 0.3) is 15.9 Å². The standard InChI is InChI=1S/C14H16N2O3S2/c1-10(2)11-5-7-12(8-6-11)21(18,19)16-15-14(17)13-4-3-9-20-13/h3-10,16H,1-2H3,(H,15,17). The van der Waals surface area contributed by atoms with Crippen molar-refractivity contribution in [3.63, 3.8) is 0 Å². The molecule has 0 fully saturated rings. The highest BCUT2D eigenvalue weighted by Crippen LogP contribution is 2.17. The molecule has 0 bridgehead atoms. The molecule has 21 heavy (non-hydrogen) atoms. The number of hydrogen-bond acceptors (Lipinski definition) is 4. The van der Waals surface area contributed by atoms with Crippen LogP contribution in [-0.2, 0) is 10.0 Å². The van der Waals surface area contributed by atoms with E-state index in [1.54, 1.807) is 29.6 Å². The molecule has 0 saturated carbocycles. The van der Waals surface area contributed by atoms with Crippen LogP contribution in [0.15, 0.2) is 46.7 Å². The number of nitrogens with one attached hydrogen (secondary N) is 2. The third kappa shape index (κ3) is 3.90. The number of hydrogen-bond donors (Lipinski definition) is 2. The Balaban J connectivity index is 2.06. The van der Waals surface area contributed by atoms with Crippen molar-refractivity contribution in [1.29, 1.82) is 0 Å². The van der Waals surface area contributed by atoms with Gasteiger partial charge in [-0.25, -0.2) is 8.42 Å². The van der Waals surface area contributed by atoms with Crippen molar-refractivity contribution in [2.75, 3.05) is 0 Å². The normalized spacial score (nSPS) is 11.6. The van der Waals surface area contributed by atoms with Gasteiger partial charge in [0.2, 0.25) is 0 Å². The van der Waals surface area contributed by atoms with Crippen molar-refractivity contribution in [3.05, 3.63) is 52.2 Å². The first-order valence-corrected chi connectivity index (χ1v) is 8.72. The molecule has 5 nitrogen and oxygen atoms in total. The van der Waals surface area contributed by atoms with Gasteiger partial charge in [0.05, 0.1) is 9.77 Å². The summed E-state index contributed by atoms with van der Waals surface area (Å²) in [7, 11) is -3.77. The van der Waals surface area contributed by atoms with Gasteiger partial charge in [-0.2, -0.15) is 0 Å². The molecular formula is C14H16N2O3S2. The third-order valence-electron chi connectivity index (χ3n) is 2.90. The summed E-state index contributed by atoms with van der Waals surface area (Å²) >= 11 is 1.24. The predicted octanol–water partition coefficient (Wildman–Crippen LogP) is 2.49. The minimum absolute atomic E-state index is 0.110. The summed E-state index contributed by atoms with van der Waals surface area (Å²) in [5.41, 5.74) is 3.25. The SMILES string of the molecule is CC(C)c1ccc(S(=O)(=O)NNC(=O)c2cccs2)cc1. The minimum atomic E-state index is -3.77. The van der Waals surface area contributed by atoms with Gasteiger partial charge in [-0.3, -0.25) is 10.2 Å². The summed E-state index contributed by atoms with van der Waals surface area (Å²) < 4.78 is 24.1. The Morgan fingerprint density at radius 2 is 1.81 bits per heavy atom. The van der Waals surface area contributed by atoms with Crippen LogP contribution < -0.4 is 10.3 Å². The monoisotopic (exact) mass is 324 g/mol. The number of sulfonamides is 1. The lowest BCUT2D eigenvalue weighted by Crippen LogP contribution is -2.41. The molecule has 1 aromatic heterocycles. The number of rotatable bonds is 5. The lowest BCUT2D eigenvalue weighted by Gasteiger charge is -2.09. The maximum atomic E-state index is 12.1. The zero-order valence-corrected chi connectivity index (χ0v) is 13.3. The van der Waals surface area contributed by atoms with E-state index in [2.05, 4.69) is 10.3 Å². The van der Waals surface area contributed by atoms with Crippen molar-refractivity contribution < 1.29 is 13.2 Å². The van der Waals surface area contributed by atoms with Crippen LogP contribution in [0.4, 0.5) is 0 Å². The van der Waals surface area contributed by atoms with Gasteiger partial charge in [-0.15, -0.1) is 16.2 Å². The van der Waals surface area contributed by atoms with Gasteiger partial charge in [0.1, 0.15) is 0 Å². The molecule has 112 valence electrons. The summed E-state index contributed by atoms with van der Waals surface area (Å²) in [6, 6.07) is 9.91. The van der Waals surface area contributed by atoms with Crippen molar-refractivity contribution in [2.45, 2.75) is 24.7 Å². The first-order valence-electron chi connectivity index (χ1n) is 6.36. The van der Waals surface area contributed by atoms with Gasteiger partial charge in [-0.1, -0.05) is 32.0 Å². The average Bonchev–Trinajstić information content (AvgIpc) is 2.99. The Bertz CT molecular complexity index is 705. The molecule has 0 spiro atoms. The average molecular weight is 324 g/mol. The second-order valence-electron chi connectivity index (χ2n) is 4.76. The zero-order valence-electron chi connectivity index (χ0n) is 11.7. The van der Waals surface area contributed by atoms with Gasteiger partial charge >= 0.3 is 0 Å². The van der Waals surface area contributed by atoms with E-state index >= 15 is 0 Å². The number of amides is 1. The van der Waals surface area contributed by atoms with Gasteiger partial charge in [-0.05, 0) is 35.1 Å². The molecule has 1 heterocycles. The lowest BCUT2D eigenvalue weighted by atomic mass is 10.0. The van der Waals surface area contributed by atoms with E-state index in [1.807, 2.05) is 13.8 Å². The van der Waals surface area contributed by atoms with E-state index in [-0.39, 0.29) is 4.90 Å². The van der Waals surface area contributed by atoms with Crippen molar-refractivity contribution in [1.82, 2.24) is 10.3 Å². The van der Waals surface area contributed by atoms with Crippen LogP contribution in [0.2, 0.25) is 0 Å². The fourth-order valence-corrected chi connectivity index (χ4v) is 3.13. The highest BCUT2D eigenvalue weighted by molar-refractivity contribution is 7.89. The molecule has 0 atom stereocenters. The molecule has 7 heteroatoms. The molecular weight excluding hydrogens is 308 g/mol.